The molecule has 2 heterocycles. The maximum absolute atomic E-state index is 13.0. The first kappa shape index (κ1) is 18.9. The summed E-state index contributed by atoms with van der Waals surface area (Å²) in [5.41, 5.74) is 2.14. The van der Waals surface area contributed by atoms with Gasteiger partial charge in [-0.05, 0) is 48.4 Å². The van der Waals surface area contributed by atoms with E-state index in [4.69, 9.17) is 0 Å². The van der Waals surface area contributed by atoms with E-state index in [-0.39, 0.29) is 6.04 Å². The number of rotatable bonds is 3. The zero-order chi connectivity index (χ0) is 19.6. The van der Waals surface area contributed by atoms with Crippen molar-refractivity contribution < 1.29 is 13.2 Å². The van der Waals surface area contributed by atoms with Crippen molar-refractivity contribution in [3.8, 4) is 0 Å². The van der Waals surface area contributed by atoms with Gasteiger partial charge in [-0.3, -0.25) is 9.88 Å². The Hall–Kier alpha value is -2.44. The average Bonchev–Trinajstić information content (AvgIpc) is 2.97. The van der Waals surface area contributed by atoms with Crippen molar-refractivity contribution in [2.75, 3.05) is 26.2 Å². The molecule has 1 aromatic heterocycles. The molecule has 6 heteroatoms. The van der Waals surface area contributed by atoms with Gasteiger partial charge < -0.3 is 5.32 Å². The minimum atomic E-state index is -4.33. The molecule has 1 saturated heterocycles. The number of nitrogens with one attached hydrogen (secondary N) is 1. The highest BCUT2D eigenvalue weighted by Crippen LogP contribution is 2.34. The van der Waals surface area contributed by atoms with E-state index in [0.29, 0.717) is 0 Å². The molecule has 1 aliphatic heterocycles. The van der Waals surface area contributed by atoms with Crippen LogP contribution in [0.3, 0.4) is 0 Å². The second-order valence-corrected chi connectivity index (χ2v) is 7.12. The van der Waals surface area contributed by atoms with E-state index < -0.39 is 11.7 Å². The lowest BCUT2D eigenvalue weighted by atomic mass is 9.96. The van der Waals surface area contributed by atoms with Gasteiger partial charge >= 0.3 is 6.18 Å². The molecule has 1 fully saturated rings. The van der Waals surface area contributed by atoms with E-state index in [1.165, 1.54) is 12.1 Å². The second-order valence-electron chi connectivity index (χ2n) is 7.12. The van der Waals surface area contributed by atoms with Gasteiger partial charge in [0.1, 0.15) is 0 Å². The first-order valence-electron chi connectivity index (χ1n) is 9.49. The molecule has 0 radical (unpaired) electrons. The fourth-order valence-corrected chi connectivity index (χ4v) is 3.83. The summed E-state index contributed by atoms with van der Waals surface area (Å²) in [7, 11) is 0. The van der Waals surface area contributed by atoms with Crippen LogP contribution in [0.2, 0.25) is 0 Å². The van der Waals surface area contributed by atoms with Crippen LogP contribution in [0.5, 0.6) is 0 Å². The molecule has 3 aromatic rings. The number of alkyl halides is 3. The highest BCUT2D eigenvalue weighted by atomic mass is 19.4. The average molecular weight is 385 g/mol. The molecule has 0 spiro atoms. The molecule has 1 unspecified atom stereocenters. The summed E-state index contributed by atoms with van der Waals surface area (Å²) in [6, 6.07) is 15.4. The smallest absolute Gasteiger partial charge is 0.315 e. The predicted octanol–water partition coefficient (Wildman–Crippen LogP) is 4.64. The number of halogens is 3. The summed E-state index contributed by atoms with van der Waals surface area (Å²) in [6.07, 6.45) is -1.48. The Kier molecular flexibility index (Phi) is 5.33. The van der Waals surface area contributed by atoms with Crippen LogP contribution in [-0.4, -0.2) is 36.1 Å². The molecule has 0 aliphatic carbocycles. The van der Waals surface area contributed by atoms with Gasteiger partial charge in [-0.2, -0.15) is 13.2 Å². The standard InChI is InChI=1S/C22H22F3N3/c23-22(24,25)19-8-6-16(7-9-19)21(28-12-3-10-26-11-13-28)18-14-17-4-1-2-5-20(17)27-15-18/h1-2,4-9,14-15,21,26H,3,10-13H2. The lowest BCUT2D eigenvalue weighted by Gasteiger charge is -2.31. The molecule has 0 saturated carbocycles. The van der Waals surface area contributed by atoms with Crippen LogP contribution in [-0.2, 0) is 6.18 Å². The summed E-state index contributed by atoms with van der Waals surface area (Å²) < 4.78 is 39.0. The molecule has 28 heavy (non-hydrogen) atoms. The van der Waals surface area contributed by atoms with Gasteiger partial charge in [-0.1, -0.05) is 30.3 Å². The normalized spacial score (nSPS) is 17.4. The number of hydrogen-bond donors (Lipinski definition) is 1. The Balaban J connectivity index is 1.76. The zero-order valence-electron chi connectivity index (χ0n) is 15.4. The van der Waals surface area contributed by atoms with E-state index >= 15 is 0 Å². The number of aromatic nitrogens is 1. The number of fused-ring (bicyclic) bond motifs is 1. The first-order valence-corrected chi connectivity index (χ1v) is 9.49. The number of hydrogen-bond acceptors (Lipinski definition) is 3. The van der Waals surface area contributed by atoms with Crippen LogP contribution in [0.25, 0.3) is 10.9 Å². The summed E-state index contributed by atoms with van der Waals surface area (Å²) >= 11 is 0. The summed E-state index contributed by atoms with van der Waals surface area (Å²) in [5.74, 6) is 0. The van der Waals surface area contributed by atoms with Crippen LogP contribution >= 0.6 is 0 Å². The molecular formula is C22H22F3N3. The monoisotopic (exact) mass is 385 g/mol. The van der Waals surface area contributed by atoms with Crippen LogP contribution in [0.15, 0.2) is 60.8 Å². The van der Waals surface area contributed by atoms with E-state index in [0.717, 1.165) is 54.6 Å². The number of para-hydroxylation sites is 1. The van der Waals surface area contributed by atoms with Gasteiger partial charge in [-0.25, -0.2) is 0 Å². The van der Waals surface area contributed by atoms with E-state index in [1.54, 1.807) is 12.1 Å². The number of benzene rings is 2. The largest absolute Gasteiger partial charge is 0.416 e. The fourth-order valence-electron chi connectivity index (χ4n) is 3.83. The lowest BCUT2D eigenvalue weighted by molar-refractivity contribution is -0.137. The van der Waals surface area contributed by atoms with E-state index in [1.807, 2.05) is 30.5 Å². The Morgan fingerprint density at radius 1 is 0.929 bits per heavy atom. The predicted molar refractivity (Wildman–Crippen MR) is 104 cm³/mol. The SMILES string of the molecule is FC(F)(F)c1ccc(C(c2cnc3ccccc3c2)N2CCCNCC2)cc1. The van der Waals surface area contributed by atoms with Crippen LogP contribution < -0.4 is 5.32 Å². The van der Waals surface area contributed by atoms with Crippen LogP contribution in [0.1, 0.15) is 29.2 Å². The molecule has 0 amide bonds. The molecule has 4 rings (SSSR count). The summed E-state index contributed by atoms with van der Waals surface area (Å²) in [6.45, 7) is 3.52. The van der Waals surface area contributed by atoms with E-state index in [9.17, 15) is 13.2 Å². The third-order valence-corrected chi connectivity index (χ3v) is 5.22. The van der Waals surface area contributed by atoms with Crippen molar-refractivity contribution in [2.45, 2.75) is 18.6 Å². The minimum Gasteiger partial charge on any atom is -0.315 e. The Morgan fingerprint density at radius 3 is 2.50 bits per heavy atom. The van der Waals surface area contributed by atoms with Gasteiger partial charge in [0.05, 0.1) is 17.1 Å². The number of pyridine rings is 1. The topological polar surface area (TPSA) is 28.2 Å². The third-order valence-electron chi connectivity index (χ3n) is 5.22. The Morgan fingerprint density at radius 2 is 1.71 bits per heavy atom. The van der Waals surface area contributed by atoms with Gasteiger partial charge in [0.15, 0.2) is 0 Å². The number of nitrogens with zero attached hydrogens (tertiary/aromatic N) is 2. The Bertz CT molecular complexity index is 930. The molecular weight excluding hydrogens is 363 g/mol. The molecule has 0 bridgehead atoms. The molecule has 146 valence electrons. The van der Waals surface area contributed by atoms with Crippen molar-refractivity contribution in [3.63, 3.8) is 0 Å². The molecule has 2 aromatic carbocycles. The van der Waals surface area contributed by atoms with Crippen LogP contribution in [0.4, 0.5) is 13.2 Å². The van der Waals surface area contributed by atoms with Crippen LogP contribution in [0, 0.1) is 0 Å². The zero-order valence-corrected chi connectivity index (χ0v) is 15.4. The lowest BCUT2D eigenvalue weighted by Crippen LogP contribution is -2.33. The summed E-state index contributed by atoms with van der Waals surface area (Å²) in [5, 5.41) is 4.42. The van der Waals surface area contributed by atoms with Gasteiger partial charge in [-0.15, -0.1) is 0 Å². The van der Waals surface area contributed by atoms with Crippen molar-refractivity contribution in [2.24, 2.45) is 0 Å². The highest BCUT2D eigenvalue weighted by Gasteiger charge is 2.31. The quantitative estimate of drug-likeness (QED) is 0.712. The van der Waals surface area contributed by atoms with Gasteiger partial charge in [0.2, 0.25) is 0 Å². The van der Waals surface area contributed by atoms with Crippen molar-refractivity contribution in [3.05, 3.63) is 77.5 Å². The van der Waals surface area contributed by atoms with Crippen molar-refractivity contribution >= 4 is 10.9 Å². The maximum atomic E-state index is 13.0. The third kappa shape index (κ3) is 4.03. The maximum Gasteiger partial charge on any atom is 0.416 e. The Labute approximate surface area is 162 Å². The molecule has 1 aliphatic rings. The van der Waals surface area contributed by atoms with Crippen molar-refractivity contribution in [1.29, 1.82) is 0 Å². The highest BCUT2D eigenvalue weighted by molar-refractivity contribution is 5.79. The second kappa shape index (κ2) is 7.89. The van der Waals surface area contributed by atoms with E-state index in [2.05, 4.69) is 21.3 Å². The molecule has 1 N–H and O–H groups in total. The minimum absolute atomic E-state index is 0.126. The fraction of sp³-hybridized carbons (Fsp3) is 0.318. The van der Waals surface area contributed by atoms with Gasteiger partial charge in [0, 0.05) is 31.2 Å². The van der Waals surface area contributed by atoms with Gasteiger partial charge in [0.25, 0.3) is 0 Å². The van der Waals surface area contributed by atoms with Crippen molar-refractivity contribution in [1.82, 2.24) is 15.2 Å². The summed E-state index contributed by atoms with van der Waals surface area (Å²) in [4.78, 5) is 6.91. The molecule has 1 atom stereocenters. The molecule has 3 nitrogen and oxygen atoms in total. The first-order chi connectivity index (χ1) is 13.5.